The van der Waals surface area contributed by atoms with Crippen molar-refractivity contribution in [3.63, 3.8) is 0 Å². The average Bonchev–Trinajstić information content (AvgIpc) is 2.67. The van der Waals surface area contributed by atoms with Gasteiger partial charge in [0.1, 0.15) is 17.4 Å². The van der Waals surface area contributed by atoms with E-state index < -0.39 is 0 Å². The first-order valence-corrected chi connectivity index (χ1v) is 5.44. The van der Waals surface area contributed by atoms with Crippen LogP contribution >= 0.6 is 0 Å². The Kier molecular flexibility index (Phi) is 3.39. The average molecular weight is 232 g/mol. The van der Waals surface area contributed by atoms with E-state index in [2.05, 4.69) is 14.9 Å². The summed E-state index contributed by atoms with van der Waals surface area (Å²) >= 11 is 0. The fourth-order valence-electron chi connectivity index (χ4n) is 1.69. The van der Waals surface area contributed by atoms with Gasteiger partial charge in [0.25, 0.3) is 0 Å². The zero-order valence-electron chi connectivity index (χ0n) is 10.1. The minimum atomic E-state index is 0.513. The Labute approximate surface area is 100 Å². The molecule has 2 aromatic rings. The number of anilines is 1. The smallest absolute Gasteiger partial charge is 0.144 e. The molecule has 0 atom stereocenters. The third-order valence-corrected chi connectivity index (χ3v) is 2.34. The summed E-state index contributed by atoms with van der Waals surface area (Å²) in [7, 11) is 1.99. The number of furan rings is 1. The number of aryl methyl sites for hydroxylation is 1. The number of nitrogens with two attached hydrogens (primary N) is 1. The van der Waals surface area contributed by atoms with E-state index in [0.29, 0.717) is 12.4 Å². The highest BCUT2D eigenvalue weighted by Crippen LogP contribution is 2.08. The lowest BCUT2D eigenvalue weighted by atomic mass is 10.3. The van der Waals surface area contributed by atoms with Gasteiger partial charge in [0.05, 0.1) is 19.4 Å². The Morgan fingerprint density at radius 3 is 2.82 bits per heavy atom. The molecule has 2 N–H and O–H groups in total. The molecule has 2 aromatic heterocycles. The fourth-order valence-corrected chi connectivity index (χ4v) is 1.69. The fraction of sp³-hybridized carbons (Fsp3) is 0.333. The quantitative estimate of drug-likeness (QED) is 0.867. The molecule has 0 unspecified atom stereocenters. The molecule has 0 saturated heterocycles. The first-order chi connectivity index (χ1) is 8.13. The van der Waals surface area contributed by atoms with Crippen LogP contribution < -0.4 is 5.73 Å². The van der Waals surface area contributed by atoms with Crippen molar-refractivity contribution in [2.24, 2.45) is 0 Å². The molecule has 0 spiro atoms. The molecular weight excluding hydrogens is 216 g/mol. The Morgan fingerprint density at radius 2 is 2.18 bits per heavy atom. The lowest BCUT2D eigenvalue weighted by molar-refractivity contribution is 0.281. The topological polar surface area (TPSA) is 68.2 Å². The minimum Gasteiger partial charge on any atom is -0.468 e. The predicted molar refractivity (Wildman–Crippen MR) is 65.1 cm³/mol. The van der Waals surface area contributed by atoms with E-state index in [1.807, 2.05) is 26.1 Å². The van der Waals surface area contributed by atoms with Crippen molar-refractivity contribution in [3.8, 4) is 0 Å². The Hall–Kier alpha value is -1.88. The molecular formula is C12H16N4O. The highest BCUT2D eigenvalue weighted by Gasteiger charge is 2.06. The lowest BCUT2D eigenvalue weighted by Gasteiger charge is -2.14. The normalized spacial score (nSPS) is 11.0. The van der Waals surface area contributed by atoms with Gasteiger partial charge in [-0.05, 0) is 26.1 Å². The molecule has 0 fully saturated rings. The van der Waals surface area contributed by atoms with Crippen molar-refractivity contribution in [2.75, 3.05) is 12.8 Å². The molecule has 0 bridgehead atoms. The maximum atomic E-state index is 5.68. The number of rotatable bonds is 4. The summed E-state index contributed by atoms with van der Waals surface area (Å²) in [4.78, 5) is 10.6. The van der Waals surface area contributed by atoms with Crippen molar-refractivity contribution < 1.29 is 4.42 Å². The van der Waals surface area contributed by atoms with Crippen LogP contribution in [0, 0.1) is 6.92 Å². The third-order valence-electron chi connectivity index (χ3n) is 2.34. The number of nitrogen functional groups attached to an aromatic ring is 1. The summed E-state index contributed by atoms with van der Waals surface area (Å²) in [6.07, 6.45) is 1.67. The van der Waals surface area contributed by atoms with E-state index in [1.165, 1.54) is 0 Å². The van der Waals surface area contributed by atoms with Crippen LogP contribution in [0.4, 0.5) is 5.82 Å². The second-order valence-corrected chi connectivity index (χ2v) is 4.10. The van der Waals surface area contributed by atoms with Crippen molar-refractivity contribution in [3.05, 3.63) is 41.7 Å². The number of nitrogens with zero attached hydrogens (tertiary/aromatic N) is 3. The van der Waals surface area contributed by atoms with Crippen LogP contribution in [0.15, 0.2) is 28.9 Å². The van der Waals surface area contributed by atoms with Gasteiger partial charge in [-0.15, -0.1) is 0 Å². The van der Waals surface area contributed by atoms with E-state index in [-0.39, 0.29) is 0 Å². The van der Waals surface area contributed by atoms with Crippen LogP contribution in [0.3, 0.4) is 0 Å². The summed E-state index contributed by atoms with van der Waals surface area (Å²) in [5.74, 6) is 2.17. The maximum Gasteiger partial charge on any atom is 0.144 e. The number of hydrogen-bond donors (Lipinski definition) is 1. The minimum absolute atomic E-state index is 0.513. The van der Waals surface area contributed by atoms with Gasteiger partial charge in [-0.3, -0.25) is 4.90 Å². The largest absolute Gasteiger partial charge is 0.468 e. The zero-order valence-corrected chi connectivity index (χ0v) is 10.1. The van der Waals surface area contributed by atoms with E-state index in [4.69, 9.17) is 10.2 Å². The molecule has 0 saturated carbocycles. The van der Waals surface area contributed by atoms with Crippen LogP contribution in [-0.2, 0) is 13.1 Å². The third kappa shape index (κ3) is 3.29. The first kappa shape index (κ1) is 11.6. The summed E-state index contributed by atoms with van der Waals surface area (Å²) in [5, 5.41) is 0. The molecule has 0 radical (unpaired) electrons. The summed E-state index contributed by atoms with van der Waals surface area (Å²) in [6.45, 7) is 3.28. The van der Waals surface area contributed by atoms with E-state index in [0.717, 1.165) is 23.8 Å². The lowest BCUT2D eigenvalue weighted by Crippen LogP contribution is -2.19. The summed E-state index contributed by atoms with van der Waals surface area (Å²) in [5.41, 5.74) is 6.57. The van der Waals surface area contributed by atoms with Gasteiger partial charge in [0.2, 0.25) is 0 Å². The molecule has 5 heteroatoms. The van der Waals surface area contributed by atoms with Gasteiger partial charge in [-0.2, -0.15) is 0 Å². The Balaban J connectivity index is 2.00. The molecule has 17 heavy (non-hydrogen) atoms. The highest BCUT2D eigenvalue weighted by molar-refractivity contribution is 5.29. The van der Waals surface area contributed by atoms with E-state index in [9.17, 15) is 0 Å². The molecule has 0 aliphatic carbocycles. The van der Waals surface area contributed by atoms with Gasteiger partial charge in [0.15, 0.2) is 0 Å². The van der Waals surface area contributed by atoms with Gasteiger partial charge in [-0.1, -0.05) is 0 Å². The first-order valence-electron chi connectivity index (χ1n) is 5.44. The van der Waals surface area contributed by atoms with Crippen LogP contribution in [0.25, 0.3) is 0 Å². The van der Waals surface area contributed by atoms with E-state index in [1.54, 1.807) is 12.3 Å². The van der Waals surface area contributed by atoms with Crippen molar-refractivity contribution in [1.82, 2.24) is 14.9 Å². The van der Waals surface area contributed by atoms with Gasteiger partial charge in [0, 0.05) is 11.8 Å². The van der Waals surface area contributed by atoms with E-state index >= 15 is 0 Å². The van der Waals surface area contributed by atoms with Crippen LogP contribution in [0.1, 0.15) is 17.3 Å². The molecule has 2 rings (SSSR count). The Morgan fingerprint density at radius 1 is 1.35 bits per heavy atom. The second-order valence-electron chi connectivity index (χ2n) is 4.10. The molecule has 0 amide bonds. The monoisotopic (exact) mass is 232 g/mol. The zero-order chi connectivity index (χ0) is 12.3. The molecule has 5 nitrogen and oxygen atoms in total. The molecule has 0 aromatic carbocycles. The van der Waals surface area contributed by atoms with Crippen molar-refractivity contribution in [2.45, 2.75) is 20.0 Å². The Bertz CT molecular complexity index is 461. The van der Waals surface area contributed by atoms with Gasteiger partial charge >= 0.3 is 0 Å². The molecule has 0 aliphatic heterocycles. The predicted octanol–water partition coefficient (Wildman–Crippen LogP) is 1.59. The van der Waals surface area contributed by atoms with Gasteiger partial charge < -0.3 is 10.2 Å². The standard InChI is InChI=1S/C12H16N4O/c1-9-6-11(13)15-12(14-9)8-16(2)7-10-4-3-5-17-10/h3-6H,7-8H2,1-2H3,(H2,13,14,15). The maximum absolute atomic E-state index is 5.68. The van der Waals surface area contributed by atoms with Crippen LogP contribution in [0.2, 0.25) is 0 Å². The van der Waals surface area contributed by atoms with Crippen molar-refractivity contribution in [1.29, 1.82) is 0 Å². The SMILES string of the molecule is Cc1cc(N)nc(CN(C)Cc2ccco2)n1. The van der Waals surface area contributed by atoms with Crippen LogP contribution in [0.5, 0.6) is 0 Å². The van der Waals surface area contributed by atoms with Crippen LogP contribution in [-0.4, -0.2) is 21.9 Å². The van der Waals surface area contributed by atoms with Gasteiger partial charge in [-0.25, -0.2) is 9.97 Å². The van der Waals surface area contributed by atoms with Crippen molar-refractivity contribution >= 4 is 5.82 Å². The molecule has 0 aliphatic rings. The summed E-state index contributed by atoms with van der Waals surface area (Å²) < 4.78 is 5.28. The molecule has 2 heterocycles. The number of aromatic nitrogens is 2. The summed E-state index contributed by atoms with van der Waals surface area (Å²) in [6, 6.07) is 5.59. The second kappa shape index (κ2) is 4.97. The number of hydrogen-bond acceptors (Lipinski definition) is 5. The highest BCUT2D eigenvalue weighted by atomic mass is 16.3. The molecule has 90 valence electrons.